The number of benzene rings is 1. The number of hydrogen-bond donors (Lipinski definition) is 3. The van der Waals surface area contributed by atoms with Crippen molar-refractivity contribution in [2.75, 3.05) is 6.54 Å². The summed E-state index contributed by atoms with van der Waals surface area (Å²) in [5.41, 5.74) is 0.0124. The van der Waals surface area contributed by atoms with Gasteiger partial charge in [0.15, 0.2) is 0 Å². The molecule has 19 heavy (non-hydrogen) atoms. The molecule has 0 heterocycles. The molecule has 1 aliphatic rings. The molecule has 0 aromatic heterocycles. The standard InChI is InChI=1S/C16H25NO2/c1-16(19,13-8-4-2-5-9-13)12-17-14-10-6-3-7-11-15(14)18/h2,4-5,8-9,14-15,17-19H,3,6-7,10-12H2,1H3. The first-order valence-electron chi connectivity index (χ1n) is 7.29. The quantitative estimate of drug-likeness (QED) is 0.730. The number of nitrogens with one attached hydrogen (secondary N) is 1. The normalized spacial score (nSPS) is 27.5. The highest BCUT2D eigenvalue weighted by Gasteiger charge is 2.27. The van der Waals surface area contributed by atoms with Gasteiger partial charge in [-0.1, -0.05) is 49.6 Å². The molecule has 3 nitrogen and oxygen atoms in total. The minimum atomic E-state index is -0.896. The molecular weight excluding hydrogens is 238 g/mol. The van der Waals surface area contributed by atoms with E-state index < -0.39 is 5.60 Å². The van der Waals surface area contributed by atoms with Gasteiger partial charge in [-0.3, -0.25) is 0 Å². The predicted octanol–water partition coefficient (Wildman–Crippen LogP) is 2.18. The molecule has 0 aliphatic heterocycles. The van der Waals surface area contributed by atoms with Gasteiger partial charge in [-0.25, -0.2) is 0 Å². The van der Waals surface area contributed by atoms with Crippen molar-refractivity contribution in [2.45, 2.75) is 56.8 Å². The van der Waals surface area contributed by atoms with Crippen LogP contribution in [-0.4, -0.2) is 28.9 Å². The third-order valence-corrected chi connectivity index (χ3v) is 4.08. The molecule has 1 aromatic rings. The molecule has 0 saturated heterocycles. The van der Waals surface area contributed by atoms with E-state index in [4.69, 9.17) is 0 Å². The third-order valence-electron chi connectivity index (χ3n) is 4.08. The molecule has 1 aromatic carbocycles. The molecule has 1 saturated carbocycles. The lowest BCUT2D eigenvalue weighted by atomic mass is 9.95. The van der Waals surface area contributed by atoms with Gasteiger partial charge in [0.05, 0.1) is 11.7 Å². The van der Waals surface area contributed by atoms with Gasteiger partial charge in [0.1, 0.15) is 0 Å². The maximum absolute atomic E-state index is 10.5. The van der Waals surface area contributed by atoms with Crippen LogP contribution in [0.5, 0.6) is 0 Å². The van der Waals surface area contributed by atoms with E-state index in [1.54, 1.807) is 0 Å². The number of aliphatic hydroxyl groups excluding tert-OH is 1. The van der Waals surface area contributed by atoms with Gasteiger partial charge >= 0.3 is 0 Å². The van der Waals surface area contributed by atoms with Crippen molar-refractivity contribution in [3.05, 3.63) is 35.9 Å². The zero-order chi connectivity index (χ0) is 13.7. The molecule has 3 unspecified atom stereocenters. The highest BCUT2D eigenvalue weighted by Crippen LogP contribution is 2.22. The van der Waals surface area contributed by atoms with E-state index in [9.17, 15) is 10.2 Å². The monoisotopic (exact) mass is 263 g/mol. The average Bonchev–Trinajstić information content (AvgIpc) is 2.62. The van der Waals surface area contributed by atoms with E-state index in [0.717, 1.165) is 31.2 Å². The third kappa shape index (κ3) is 4.03. The van der Waals surface area contributed by atoms with Gasteiger partial charge in [0.25, 0.3) is 0 Å². The topological polar surface area (TPSA) is 52.5 Å². The van der Waals surface area contributed by atoms with Crippen LogP contribution in [0.4, 0.5) is 0 Å². The molecule has 3 N–H and O–H groups in total. The second-order valence-electron chi connectivity index (χ2n) is 5.83. The second-order valence-corrected chi connectivity index (χ2v) is 5.83. The highest BCUT2D eigenvalue weighted by molar-refractivity contribution is 5.21. The van der Waals surface area contributed by atoms with E-state index in [1.165, 1.54) is 6.42 Å². The second kappa shape index (κ2) is 6.51. The molecule has 3 atom stereocenters. The van der Waals surface area contributed by atoms with Crippen molar-refractivity contribution in [1.82, 2.24) is 5.32 Å². The SMILES string of the molecule is CC(O)(CNC1CCCCCC1O)c1ccccc1. The number of aliphatic hydroxyl groups is 2. The molecule has 0 amide bonds. The molecule has 1 aliphatic carbocycles. The van der Waals surface area contributed by atoms with Crippen LogP contribution in [0.15, 0.2) is 30.3 Å². The summed E-state index contributed by atoms with van der Waals surface area (Å²) in [6, 6.07) is 9.80. The Labute approximate surface area is 115 Å². The Bertz CT molecular complexity index is 378. The van der Waals surface area contributed by atoms with Crippen LogP contribution in [0, 0.1) is 0 Å². The molecular formula is C16H25NO2. The molecule has 0 bridgehead atoms. The van der Waals surface area contributed by atoms with E-state index >= 15 is 0 Å². The number of hydrogen-bond acceptors (Lipinski definition) is 3. The molecule has 2 rings (SSSR count). The lowest BCUT2D eigenvalue weighted by Crippen LogP contribution is -2.45. The Kier molecular flexibility index (Phi) is 4.97. The smallest absolute Gasteiger partial charge is 0.0992 e. The Morgan fingerprint density at radius 3 is 2.58 bits per heavy atom. The summed E-state index contributed by atoms with van der Waals surface area (Å²) < 4.78 is 0. The van der Waals surface area contributed by atoms with E-state index in [1.807, 2.05) is 37.3 Å². The summed E-state index contributed by atoms with van der Waals surface area (Å²) in [6.45, 7) is 2.29. The molecule has 0 radical (unpaired) electrons. The summed E-state index contributed by atoms with van der Waals surface area (Å²) in [5.74, 6) is 0. The molecule has 1 fully saturated rings. The van der Waals surface area contributed by atoms with E-state index in [0.29, 0.717) is 6.54 Å². The van der Waals surface area contributed by atoms with Crippen LogP contribution in [0.1, 0.15) is 44.6 Å². The summed E-state index contributed by atoms with van der Waals surface area (Å²) in [4.78, 5) is 0. The predicted molar refractivity (Wildman–Crippen MR) is 76.9 cm³/mol. The Morgan fingerprint density at radius 1 is 1.16 bits per heavy atom. The zero-order valence-electron chi connectivity index (χ0n) is 11.7. The Morgan fingerprint density at radius 2 is 1.84 bits per heavy atom. The highest BCUT2D eigenvalue weighted by atomic mass is 16.3. The van der Waals surface area contributed by atoms with Gasteiger partial charge in [0, 0.05) is 12.6 Å². The van der Waals surface area contributed by atoms with Crippen molar-refractivity contribution >= 4 is 0 Å². The first kappa shape index (κ1) is 14.5. The fourth-order valence-corrected chi connectivity index (χ4v) is 2.76. The minimum Gasteiger partial charge on any atom is -0.392 e. The van der Waals surface area contributed by atoms with Crippen molar-refractivity contribution in [2.24, 2.45) is 0 Å². The van der Waals surface area contributed by atoms with Crippen molar-refractivity contribution in [3.63, 3.8) is 0 Å². The average molecular weight is 263 g/mol. The Hall–Kier alpha value is -0.900. The van der Waals surface area contributed by atoms with Crippen LogP contribution in [-0.2, 0) is 5.60 Å². The van der Waals surface area contributed by atoms with E-state index in [2.05, 4.69) is 5.32 Å². The van der Waals surface area contributed by atoms with E-state index in [-0.39, 0.29) is 12.1 Å². The Balaban J connectivity index is 1.93. The van der Waals surface area contributed by atoms with Crippen LogP contribution in [0.3, 0.4) is 0 Å². The maximum atomic E-state index is 10.5. The first-order valence-corrected chi connectivity index (χ1v) is 7.29. The van der Waals surface area contributed by atoms with Crippen LogP contribution < -0.4 is 5.32 Å². The summed E-state index contributed by atoms with van der Waals surface area (Å²) in [7, 11) is 0. The largest absolute Gasteiger partial charge is 0.392 e. The van der Waals surface area contributed by atoms with Gasteiger partial charge in [0.2, 0.25) is 0 Å². The molecule has 3 heteroatoms. The van der Waals surface area contributed by atoms with Crippen molar-refractivity contribution in [3.8, 4) is 0 Å². The summed E-state index contributed by atoms with van der Waals surface area (Å²) in [5, 5.41) is 24.0. The van der Waals surface area contributed by atoms with Gasteiger partial charge in [-0.15, -0.1) is 0 Å². The van der Waals surface area contributed by atoms with Crippen molar-refractivity contribution in [1.29, 1.82) is 0 Å². The lowest BCUT2D eigenvalue weighted by molar-refractivity contribution is 0.0417. The fraction of sp³-hybridized carbons (Fsp3) is 0.625. The fourth-order valence-electron chi connectivity index (χ4n) is 2.76. The minimum absolute atomic E-state index is 0.109. The van der Waals surface area contributed by atoms with Crippen LogP contribution in [0.25, 0.3) is 0 Å². The van der Waals surface area contributed by atoms with Crippen LogP contribution in [0.2, 0.25) is 0 Å². The van der Waals surface area contributed by atoms with Gasteiger partial charge < -0.3 is 15.5 Å². The summed E-state index contributed by atoms with van der Waals surface area (Å²) >= 11 is 0. The summed E-state index contributed by atoms with van der Waals surface area (Å²) in [6.07, 6.45) is 5.03. The van der Waals surface area contributed by atoms with Gasteiger partial charge in [-0.05, 0) is 25.3 Å². The maximum Gasteiger partial charge on any atom is 0.0992 e. The zero-order valence-corrected chi connectivity index (χ0v) is 11.7. The first-order chi connectivity index (χ1) is 9.09. The van der Waals surface area contributed by atoms with Crippen molar-refractivity contribution < 1.29 is 10.2 Å². The van der Waals surface area contributed by atoms with Crippen LogP contribution >= 0.6 is 0 Å². The number of rotatable bonds is 4. The molecule has 0 spiro atoms. The molecule has 106 valence electrons. The lowest BCUT2D eigenvalue weighted by Gasteiger charge is -2.29. The van der Waals surface area contributed by atoms with Gasteiger partial charge in [-0.2, -0.15) is 0 Å².